The number of hydrogen-bond acceptors (Lipinski definition) is 7. The van der Waals surface area contributed by atoms with Gasteiger partial charge in [0.2, 0.25) is 17.8 Å². The number of rotatable bonds is 4. The predicted octanol–water partition coefficient (Wildman–Crippen LogP) is 2.51. The molecule has 0 bridgehead atoms. The van der Waals surface area contributed by atoms with Gasteiger partial charge in [-0.2, -0.15) is 15.0 Å². The molecule has 0 unspecified atom stereocenters. The number of aromatic nitrogens is 3. The van der Waals surface area contributed by atoms with Gasteiger partial charge >= 0.3 is 0 Å². The smallest absolute Gasteiger partial charge is 0.231 e. The molecular formula is C13H17BrN6S. The third-order valence-electron chi connectivity index (χ3n) is 3.40. The van der Waals surface area contributed by atoms with E-state index in [4.69, 9.17) is 5.73 Å². The van der Waals surface area contributed by atoms with E-state index in [0.29, 0.717) is 11.9 Å². The van der Waals surface area contributed by atoms with E-state index in [1.807, 2.05) is 11.9 Å². The van der Waals surface area contributed by atoms with Crippen LogP contribution < -0.4 is 15.5 Å². The van der Waals surface area contributed by atoms with Gasteiger partial charge in [-0.1, -0.05) is 0 Å². The topological polar surface area (TPSA) is 71.2 Å². The molecule has 21 heavy (non-hydrogen) atoms. The van der Waals surface area contributed by atoms with E-state index < -0.39 is 0 Å². The molecule has 1 saturated heterocycles. The zero-order valence-electron chi connectivity index (χ0n) is 11.8. The van der Waals surface area contributed by atoms with Gasteiger partial charge in [-0.25, -0.2) is 0 Å². The molecule has 3 heterocycles. The van der Waals surface area contributed by atoms with Gasteiger partial charge in [0.15, 0.2) is 0 Å². The highest BCUT2D eigenvalue weighted by atomic mass is 79.9. The summed E-state index contributed by atoms with van der Waals surface area (Å²) in [5.74, 6) is 1.58. The van der Waals surface area contributed by atoms with Crippen LogP contribution in [0.5, 0.6) is 0 Å². The summed E-state index contributed by atoms with van der Waals surface area (Å²) < 4.78 is 1.12. The molecule has 0 saturated carbocycles. The van der Waals surface area contributed by atoms with Gasteiger partial charge in [0, 0.05) is 26.7 Å². The molecule has 3 rings (SSSR count). The molecule has 1 aliphatic rings. The number of nitrogens with two attached hydrogens (primary N) is 1. The first kappa shape index (κ1) is 14.5. The second kappa shape index (κ2) is 6.15. The van der Waals surface area contributed by atoms with Crippen LogP contribution >= 0.6 is 27.3 Å². The highest BCUT2D eigenvalue weighted by molar-refractivity contribution is 9.11. The number of hydrogen-bond donors (Lipinski definition) is 1. The molecule has 1 fully saturated rings. The molecule has 1 aliphatic heterocycles. The molecule has 2 N–H and O–H groups in total. The standard InChI is InChI=1S/C13H17BrN6S/c1-19(7-9-6-10(14)21-8-9)12-16-11(15)17-13(18-12)20-4-2-3-5-20/h6,8H,2-5,7H2,1H3,(H2,15,16,17,18). The van der Waals surface area contributed by atoms with Crippen molar-refractivity contribution < 1.29 is 0 Å². The van der Waals surface area contributed by atoms with Gasteiger partial charge in [0.25, 0.3) is 0 Å². The van der Waals surface area contributed by atoms with Crippen molar-refractivity contribution in [1.82, 2.24) is 15.0 Å². The van der Waals surface area contributed by atoms with Crippen LogP contribution in [0.1, 0.15) is 18.4 Å². The van der Waals surface area contributed by atoms with Gasteiger partial charge in [-0.05, 0) is 45.8 Å². The SMILES string of the molecule is CN(Cc1csc(Br)c1)c1nc(N)nc(N2CCCC2)n1. The second-order valence-electron chi connectivity index (χ2n) is 5.10. The van der Waals surface area contributed by atoms with E-state index in [2.05, 4.69) is 47.2 Å². The largest absolute Gasteiger partial charge is 0.368 e. The van der Waals surface area contributed by atoms with Gasteiger partial charge < -0.3 is 15.5 Å². The fourth-order valence-corrected chi connectivity index (χ4v) is 3.57. The van der Waals surface area contributed by atoms with Crippen LogP contribution in [0.25, 0.3) is 0 Å². The Morgan fingerprint density at radius 1 is 1.33 bits per heavy atom. The van der Waals surface area contributed by atoms with Crippen LogP contribution in [-0.4, -0.2) is 35.1 Å². The van der Waals surface area contributed by atoms with Crippen molar-refractivity contribution >= 4 is 45.1 Å². The van der Waals surface area contributed by atoms with E-state index in [1.54, 1.807) is 11.3 Å². The first-order valence-electron chi connectivity index (χ1n) is 6.82. The molecule has 2 aromatic heterocycles. The maximum absolute atomic E-state index is 5.84. The first-order chi connectivity index (χ1) is 10.1. The second-order valence-corrected chi connectivity index (χ2v) is 7.39. The Labute approximate surface area is 136 Å². The van der Waals surface area contributed by atoms with Gasteiger partial charge in [0.05, 0.1) is 3.79 Å². The Kier molecular flexibility index (Phi) is 4.25. The minimum atomic E-state index is 0.278. The van der Waals surface area contributed by atoms with Crippen molar-refractivity contribution in [3.8, 4) is 0 Å². The lowest BCUT2D eigenvalue weighted by Crippen LogP contribution is -2.25. The van der Waals surface area contributed by atoms with Crippen molar-refractivity contribution in [3.05, 3.63) is 20.8 Å². The van der Waals surface area contributed by atoms with Crippen molar-refractivity contribution in [2.75, 3.05) is 35.7 Å². The molecule has 0 amide bonds. The van der Waals surface area contributed by atoms with Gasteiger partial charge in [-0.15, -0.1) is 11.3 Å². The first-order valence-corrected chi connectivity index (χ1v) is 8.49. The summed E-state index contributed by atoms with van der Waals surface area (Å²) in [6, 6.07) is 2.10. The average molecular weight is 369 g/mol. The summed E-state index contributed by atoms with van der Waals surface area (Å²) in [6.45, 7) is 2.72. The van der Waals surface area contributed by atoms with E-state index >= 15 is 0 Å². The minimum absolute atomic E-state index is 0.278. The van der Waals surface area contributed by atoms with Crippen molar-refractivity contribution in [1.29, 1.82) is 0 Å². The van der Waals surface area contributed by atoms with E-state index in [-0.39, 0.29) is 5.95 Å². The number of nitrogens with zero attached hydrogens (tertiary/aromatic N) is 5. The molecular weight excluding hydrogens is 352 g/mol. The van der Waals surface area contributed by atoms with Crippen molar-refractivity contribution in [3.63, 3.8) is 0 Å². The number of nitrogen functional groups attached to an aromatic ring is 1. The average Bonchev–Trinajstić information content (AvgIpc) is 3.10. The Morgan fingerprint density at radius 3 is 2.76 bits per heavy atom. The molecule has 6 nitrogen and oxygen atoms in total. The molecule has 0 atom stereocenters. The zero-order chi connectivity index (χ0) is 14.8. The molecule has 2 aromatic rings. The molecule has 0 spiro atoms. The van der Waals surface area contributed by atoms with Crippen molar-refractivity contribution in [2.45, 2.75) is 19.4 Å². The summed E-state index contributed by atoms with van der Waals surface area (Å²) in [6.07, 6.45) is 2.36. The van der Waals surface area contributed by atoms with Crippen LogP contribution in [0.4, 0.5) is 17.8 Å². The summed E-state index contributed by atoms with van der Waals surface area (Å²) in [5.41, 5.74) is 7.06. The number of halogens is 1. The predicted molar refractivity (Wildman–Crippen MR) is 89.8 cm³/mol. The van der Waals surface area contributed by atoms with E-state index in [0.717, 1.165) is 23.4 Å². The van der Waals surface area contributed by atoms with Crippen LogP contribution in [0.15, 0.2) is 15.2 Å². The highest BCUT2D eigenvalue weighted by Crippen LogP contribution is 2.23. The quantitative estimate of drug-likeness (QED) is 0.893. The Bertz CT molecular complexity index is 625. The van der Waals surface area contributed by atoms with E-state index in [9.17, 15) is 0 Å². The maximum Gasteiger partial charge on any atom is 0.231 e. The van der Waals surface area contributed by atoms with Crippen LogP contribution in [-0.2, 0) is 6.54 Å². The normalized spacial score (nSPS) is 14.7. The van der Waals surface area contributed by atoms with Gasteiger partial charge in [-0.3, -0.25) is 0 Å². The molecule has 0 aromatic carbocycles. The minimum Gasteiger partial charge on any atom is -0.368 e. The fourth-order valence-electron chi connectivity index (χ4n) is 2.37. The fraction of sp³-hybridized carbons (Fsp3) is 0.462. The third-order valence-corrected chi connectivity index (χ3v) is 4.95. The molecule has 0 aliphatic carbocycles. The Hall–Kier alpha value is -1.41. The molecule has 8 heteroatoms. The highest BCUT2D eigenvalue weighted by Gasteiger charge is 2.18. The van der Waals surface area contributed by atoms with Crippen LogP contribution in [0.3, 0.4) is 0 Å². The van der Waals surface area contributed by atoms with Crippen LogP contribution in [0, 0.1) is 0 Å². The molecule has 112 valence electrons. The lowest BCUT2D eigenvalue weighted by molar-refractivity contribution is 0.830. The van der Waals surface area contributed by atoms with Crippen molar-refractivity contribution in [2.24, 2.45) is 0 Å². The lowest BCUT2D eigenvalue weighted by atomic mass is 10.3. The summed E-state index contributed by atoms with van der Waals surface area (Å²) in [5, 5.41) is 2.12. The third kappa shape index (κ3) is 3.44. The van der Waals surface area contributed by atoms with E-state index in [1.165, 1.54) is 18.4 Å². The van der Waals surface area contributed by atoms with Crippen LogP contribution in [0.2, 0.25) is 0 Å². The zero-order valence-corrected chi connectivity index (χ0v) is 14.2. The monoisotopic (exact) mass is 368 g/mol. The number of anilines is 3. The lowest BCUT2D eigenvalue weighted by Gasteiger charge is -2.20. The summed E-state index contributed by atoms with van der Waals surface area (Å²) >= 11 is 5.15. The summed E-state index contributed by atoms with van der Waals surface area (Å²) in [4.78, 5) is 17.2. The maximum atomic E-state index is 5.84. The van der Waals surface area contributed by atoms with Gasteiger partial charge in [0.1, 0.15) is 0 Å². The summed E-state index contributed by atoms with van der Waals surface area (Å²) in [7, 11) is 1.97. The molecule has 0 radical (unpaired) electrons. The number of thiophene rings is 1. The Morgan fingerprint density at radius 2 is 2.10 bits per heavy atom. The Balaban J connectivity index is 1.80.